The first-order valence-electron chi connectivity index (χ1n) is 18.9. The summed E-state index contributed by atoms with van der Waals surface area (Å²) < 4.78 is 2.54. The van der Waals surface area contributed by atoms with Crippen LogP contribution in [0.1, 0.15) is 16.7 Å². The normalized spacial score (nSPS) is 12.0. The number of pyridine rings is 1. The molecule has 0 unspecified atom stereocenters. The third-order valence-corrected chi connectivity index (χ3v) is 11.6. The number of thiophene rings is 1. The minimum absolute atomic E-state index is 0.143. The number of aromatic nitrogens is 1. The van der Waals surface area contributed by atoms with Gasteiger partial charge in [0.1, 0.15) is 0 Å². The smallest absolute Gasteiger partial charge is 0.161 e. The van der Waals surface area contributed by atoms with Gasteiger partial charge < -0.3 is 0 Å². The second-order valence-electron chi connectivity index (χ2n) is 14.0. The summed E-state index contributed by atoms with van der Waals surface area (Å²) in [6.45, 7) is 0. The molecule has 0 saturated carbocycles. The van der Waals surface area contributed by atoms with Crippen LogP contribution in [0.25, 0.3) is 75.4 Å². The van der Waals surface area contributed by atoms with Gasteiger partial charge in [-0.05, 0) is 56.8 Å². The van der Waals surface area contributed by atoms with E-state index in [0.717, 1.165) is 50.2 Å². The molecule has 0 radical (unpaired) electrons. The maximum Gasteiger partial charge on any atom is 0.161 e. The summed E-state index contributed by atoms with van der Waals surface area (Å²) in [5, 5.41) is 15.2. The molecule has 10 rings (SSSR count). The topological polar surface area (TPSA) is 61.5 Å². The predicted molar refractivity (Wildman–Crippen MR) is 242 cm³/mol. The van der Waals surface area contributed by atoms with Gasteiger partial charge in [-0.2, -0.15) is 0 Å². The van der Waals surface area contributed by atoms with E-state index in [1.807, 2.05) is 84.1 Å². The van der Waals surface area contributed by atoms with Crippen LogP contribution in [0, 0.1) is 5.41 Å². The number of fused-ring (bicyclic) bond motifs is 7. The van der Waals surface area contributed by atoms with Crippen molar-refractivity contribution in [1.82, 2.24) is 4.98 Å². The molecule has 0 aliphatic heterocycles. The average molecular weight is 747 g/mol. The van der Waals surface area contributed by atoms with Crippen LogP contribution in [0.5, 0.6) is 0 Å². The summed E-state index contributed by atoms with van der Waals surface area (Å²) in [7, 11) is 0. The summed E-state index contributed by atoms with van der Waals surface area (Å²) in [4.78, 5) is 14.9. The number of nitrogens with zero attached hydrogens (tertiary/aromatic N) is 3. The molecule has 0 spiro atoms. The summed E-state index contributed by atoms with van der Waals surface area (Å²) >= 11 is 1.85. The lowest BCUT2D eigenvalue weighted by atomic mass is 9.97. The Morgan fingerprint density at radius 1 is 0.509 bits per heavy atom. The van der Waals surface area contributed by atoms with E-state index in [9.17, 15) is 0 Å². The Morgan fingerprint density at radius 3 is 1.93 bits per heavy atom. The molecule has 4 nitrogen and oxygen atoms in total. The van der Waals surface area contributed by atoms with Crippen LogP contribution in [0.3, 0.4) is 0 Å². The molecule has 0 atom stereocenters. The first-order chi connectivity index (χ1) is 28.2. The quantitative estimate of drug-likeness (QED) is 0.103. The van der Waals surface area contributed by atoms with E-state index in [1.54, 1.807) is 6.21 Å². The van der Waals surface area contributed by atoms with E-state index in [0.29, 0.717) is 11.4 Å². The Bertz CT molecular complexity index is 3160. The van der Waals surface area contributed by atoms with Gasteiger partial charge in [0.2, 0.25) is 0 Å². The van der Waals surface area contributed by atoms with Crippen LogP contribution in [0.4, 0.5) is 0 Å². The Hall–Kier alpha value is -7.34. The fourth-order valence-electron chi connectivity index (χ4n) is 7.56. The fourth-order valence-corrected chi connectivity index (χ4v) is 8.83. The number of amidine groups is 2. The molecular weight excluding hydrogens is 713 g/mol. The Labute approximate surface area is 334 Å². The van der Waals surface area contributed by atoms with E-state index in [-0.39, 0.29) is 5.84 Å². The van der Waals surface area contributed by atoms with Crippen LogP contribution < -0.4 is 0 Å². The molecule has 2 aromatic heterocycles. The summed E-state index contributed by atoms with van der Waals surface area (Å²) in [6, 6.07) is 66.7. The van der Waals surface area contributed by atoms with Crippen molar-refractivity contribution in [2.24, 2.45) is 9.98 Å². The van der Waals surface area contributed by atoms with E-state index in [1.165, 1.54) is 36.3 Å². The van der Waals surface area contributed by atoms with Crippen LogP contribution >= 0.6 is 11.3 Å². The number of aliphatic imine (C=N–C) groups is 2. The van der Waals surface area contributed by atoms with Crippen LogP contribution in [-0.2, 0) is 0 Å². The standard InChI is InChI=1S/C52H34N4S/c53-51(56-52(54-33-34-12-3-1-4-13-34)42-18-11-17-41(32-42)35-14-5-2-6-15-35)40-28-24-37(25-29-40)36-22-26-39(27-23-36)49-48-44-20-9-10-21-46(44)57-50(48)47-43-19-8-7-16-38(43)30-31-45(47)55-49/h1-33,53H. The van der Waals surface area contributed by atoms with Crippen molar-refractivity contribution < 1.29 is 0 Å². The zero-order valence-corrected chi connectivity index (χ0v) is 31.6. The maximum atomic E-state index is 9.05. The van der Waals surface area contributed by atoms with Crippen molar-refractivity contribution in [3.8, 4) is 33.5 Å². The third kappa shape index (κ3) is 6.60. The zero-order chi connectivity index (χ0) is 38.1. The molecule has 0 saturated heterocycles. The van der Waals surface area contributed by atoms with Crippen LogP contribution in [-0.4, -0.2) is 22.9 Å². The lowest BCUT2D eigenvalue weighted by Gasteiger charge is -2.11. The van der Waals surface area contributed by atoms with Crippen molar-refractivity contribution in [2.45, 2.75) is 0 Å². The summed E-state index contributed by atoms with van der Waals surface area (Å²) in [5.41, 5.74) is 9.92. The van der Waals surface area contributed by atoms with Gasteiger partial charge in [0.25, 0.3) is 0 Å². The number of hydrogen-bond donors (Lipinski definition) is 1. The van der Waals surface area contributed by atoms with E-state index < -0.39 is 0 Å². The molecule has 0 aliphatic carbocycles. The minimum Gasteiger partial charge on any atom is -0.282 e. The van der Waals surface area contributed by atoms with E-state index in [2.05, 4.69) is 121 Å². The van der Waals surface area contributed by atoms with E-state index >= 15 is 0 Å². The molecule has 0 aliphatic rings. The highest BCUT2D eigenvalue weighted by atomic mass is 32.1. The van der Waals surface area contributed by atoms with Gasteiger partial charge in [-0.1, -0.05) is 176 Å². The van der Waals surface area contributed by atoms with Crippen molar-refractivity contribution >= 4 is 71.1 Å². The Kier molecular flexibility index (Phi) is 8.82. The van der Waals surface area contributed by atoms with Gasteiger partial charge >= 0.3 is 0 Å². The molecule has 5 heteroatoms. The monoisotopic (exact) mass is 746 g/mol. The molecule has 0 bridgehead atoms. The molecule has 268 valence electrons. The molecule has 0 fully saturated rings. The second-order valence-corrected chi connectivity index (χ2v) is 15.1. The van der Waals surface area contributed by atoms with Gasteiger partial charge in [-0.3, -0.25) is 5.41 Å². The minimum atomic E-state index is 0.143. The van der Waals surface area contributed by atoms with Crippen molar-refractivity contribution in [3.63, 3.8) is 0 Å². The molecular formula is C52H34N4S. The summed E-state index contributed by atoms with van der Waals surface area (Å²) in [6.07, 6.45) is 1.80. The maximum absolute atomic E-state index is 9.05. The number of benzene rings is 8. The lowest BCUT2D eigenvalue weighted by molar-refractivity contribution is 1.39. The number of hydrogen-bond acceptors (Lipinski definition) is 3. The molecule has 8 aromatic carbocycles. The second kappa shape index (κ2) is 14.7. The Balaban J connectivity index is 0.974. The van der Waals surface area contributed by atoms with Crippen LogP contribution in [0.15, 0.2) is 204 Å². The Morgan fingerprint density at radius 2 is 1.14 bits per heavy atom. The average Bonchev–Trinajstić information content (AvgIpc) is 3.68. The lowest BCUT2D eigenvalue weighted by Crippen LogP contribution is -2.05. The van der Waals surface area contributed by atoms with Gasteiger partial charge in [-0.15, -0.1) is 11.3 Å². The highest BCUT2D eigenvalue weighted by molar-refractivity contribution is 7.27. The van der Waals surface area contributed by atoms with Crippen molar-refractivity contribution in [1.29, 1.82) is 5.41 Å². The van der Waals surface area contributed by atoms with Gasteiger partial charge in [0, 0.05) is 48.5 Å². The van der Waals surface area contributed by atoms with Gasteiger partial charge in [-0.25, -0.2) is 15.0 Å². The fraction of sp³-hybridized carbons (Fsp3) is 0. The zero-order valence-electron chi connectivity index (χ0n) is 30.8. The highest BCUT2D eigenvalue weighted by Crippen LogP contribution is 2.44. The van der Waals surface area contributed by atoms with E-state index in [4.69, 9.17) is 20.4 Å². The van der Waals surface area contributed by atoms with Crippen molar-refractivity contribution in [2.75, 3.05) is 0 Å². The largest absolute Gasteiger partial charge is 0.282 e. The molecule has 10 aromatic rings. The number of rotatable bonds is 6. The number of nitrogens with one attached hydrogen (secondary N) is 1. The highest BCUT2D eigenvalue weighted by Gasteiger charge is 2.18. The SMILES string of the molecule is N=C(N=C(N=Cc1ccccc1)c1cccc(-c2ccccc2)c1)c1ccc(-c2ccc(-c3nc4ccc5ccccc5c4c4sc5ccccc5c34)cc2)cc1. The summed E-state index contributed by atoms with van der Waals surface area (Å²) in [5.74, 6) is 0.619. The third-order valence-electron chi connectivity index (χ3n) is 10.4. The molecule has 1 N–H and O–H groups in total. The van der Waals surface area contributed by atoms with Gasteiger partial charge in [0.15, 0.2) is 11.7 Å². The predicted octanol–water partition coefficient (Wildman–Crippen LogP) is 13.6. The molecule has 57 heavy (non-hydrogen) atoms. The first-order valence-corrected chi connectivity index (χ1v) is 19.7. The van der Waals surface area contributed by atoms with Crippen molar-refractivity contribution in [3.05, 3.63) is 211 Å². The molecule has 2 heterocycles. The first kappa shape index (κ1) is 34.2. The van der Waals surface area contributed by atoms with Crippen LogP contribution in [0.2, 0.25) is 0 Å². The van der Waals surface area contributed by atoms with Gasteiger partial charge in [0.05, 0.1) is 11.2 Å². The molecule has 0 amide bonds.